The van der Waals surface area contributed by atoms with Crippen LogP contribution in [-0.4, -0.2) is 49.5 Å². The molecule has 7 nitrogen and oxygen atoms in total. The van der Waals surface area contributed by atoms with Gasteiger partial charge in [0.15, 0.2) is 0 Å². The van der Waals surface area contributed by atoms with E-state index in [9.17, 15) is 14.9 Å². The summed E-state index contributed by atoms with van der Waals surface area (Å²) in [6.07, 6.45) is 1.81. The number of carbonyl (C=O) groups excluding carboxylic acids is 1. The monoisotopic (exact) mass is 343 g/mol. The first-order valence-electron chi connectivity index (χ1n) is 7.33. The smallest absolute Gasteiger partial charge is 0.282 e. The number of nitrogens with one attached hydrogen (secondary N) is 1. The van der Waals surface area contributed by atoms with Crippen LogP contribution in [0.1, 0.15) is 23.2 Å². The number of carbonyl (C=O) groups is 1. The molecule has 23 heavy (non-hydrogen) atoms. The molecule has 1 aromatic rings. The number of nitro groups is 1. The number of halogens is 1. The van der Waals surface area contributed by atoms with Crippen molar-refractivity contribution in [1.29, 1.82) is 0 Å². The fraction of sp³-hybridized carbons (Fsp3) is 0.533. The van der Waals surface area contributed by atoms with E-state index in [-0.39, 0.29) is 29.6 Å². The molecule has 1 saturated heterocycles. The maximum atomic E-state index is 12.6. The average molecular weight is 344 g/mol. The van der Waals surface area contributed by atoms with Crippen molar-refractivity contribution in [2.24, 2.45) is 5.92 Å². The Morgan fingerprint density at radius 1 is 1.43 bits per heavy atom. The van der Waals surface area contributed by atoms with Gasteiger partial charge in [-0.3, -0.25) is 14.9 Å². The van der Waals surface area contributed by atoms with E-state index in [1.807, 2.05) is 7.05 Å². The average Bonchev–Trinajstić information content (AvgIpc) is 2.54. The van der Waals surface area contributed by atoms with Crippen LogP contribution in [0.15, 0.2) is 18.2 Å². The van der Waals surface area contributed by atoms with Gasteiger partial charge in [-0.1, -0.05) is 0 Å². The molecule has 1 N–H and O–H groups in total. The fourth-order valence-corrected chi connectivity index (χ4v) is 2.77. The van der Waals surface area contributed by atoms with Crippen molar-refractivity contribution in [2.45, 2.75) is 12.8 Å². The predicted molar refractivity (Wildman–Crippen MR) is 89.5 cm³/mol. The van der Waals surface area contributed by atoms with Gasteiger partial charge in [0.2, 0.25) is 0 Å². The van der Waals surface area contributed by atoms with Gasteiger partial charge < -0.3 is 15.0 Å². The number of hydrogen-bond donors (Lipinski definition) is 1. The first-order chi connectivity index (χ1) is 10.6. The Bertz CT molecular complexity index is 560. The summed E-state index contributed by atoms with van der Waals surface area (Å²) in [5.41, 5.74) is -0.0837. The van der Waals surface area contributed by atoms with Crippen LogP contribution in [0.2, 0.25) is 0 Å². The van der Waals surface area contributed by atoms with Crippen LogP contribution < -0.4 is 10.1 Å². The quantitative estimate of drug-likeness (QED) is 0.653. The van der Waals surface area contributed by atoms with Crippen molar-refractivity contribution in [1.82, 2.24) is 10.2 Å². The van der Waals surface area contributed by atoms with E-state index in [1.165, 1.54) is 25.3 Å². The molecule has 1 heterocycles. The van der Waals surface area contributed by atoms with Crippen LogP contribution in [-0.2, 0) is 0 Å². The number of likely N-dealkylation sites (tertiary alicyclic amines) is 1. The van der Waals surface area contributed by atoms with Crippen molar-refractivity contribution < 1.29 is 14.5 Å². The molecule has 8 heteroatoms. The number of ether oxygens (including phenoxy) is 1. The summed E-state index contributed by atoms with van der Waals surface area (Å²) >= 11 is 0. The lowest BCUT2D eigenvalue weighted by Gasteiger charge is -2.31. The first-order valence-corrected chi connectivity index (χ1v) is 7.33. The molecular weight excluding hydrogens is 322 g/mol. The van der Waals surface area contributed by atoms with Gasteiger partial charge in [-0.15, -0.1) is 12.4 Å². The first kappa shape index (κ1) is 19.2. The fourth-order valence-electron chi connectivity index (χ4n) is 2.77. The van der Waals surface area contributed by atoms with Gasteiger partial charge in [-0.05, 0) is 44.5 Å². The second-order valence-corrected chi connectivity index (χ2v) is 5.43. The standard InChI is InChI=1S/C15H21N3O4.ClH/c1-16-10-11-5-7-17(8-6-11)15(19)13-9-12(22-2)3-4-14(13)18(20)21;/h3-4,9,11,16H,5-8,10H2,1-2H3;1H. The third-order valence-electron chi connectivity index (χ3n) is 4.03. The summed E-state index contributed by atoms with van der Waals surface area (Å²) in [7, 11) is 3.38. The minimum Gasteiger partial charge on any atom is -0.497 e. The third-order valence-corrected chi connectivity index (χ3v) is 4.03. The summed E-state index contributed by atoms with van der Waals surface area (Å²) in [6, 6.07) is 4.26. The summed E-state index contributed by atoms with van der Waals surface area (Å²) in [6.45, 7) is 2.18. The molecule has 0 atom stereocenters. The third kappa shape index (κ3) is 4.56. The van der Waals surface area contributed by atoms with Gasteiger partial charge in [-0.25, -0.2) is 0 Å². The highest BCUT2D eigenvalue weighted by Crippen LogP contribution is 2.27. The van der Waals surface area contributed by atoms with Crippen molar-refractivity contribution in [2.75, 3.05) is 33.8 Å². The van der Waals surface area contributed by atoms with Crippen LogP contribution in [0.4, 0.5) is 5.69 Å². The van der Waals surface area contributed by atoms with E-state index >= 15 is 0 Å². The minimum atomic E-state index is -0.527. The highest BCUT2D eigenvalue weighted by atomic mass is 35.5. The van der Waals surface area contributed by atoms with Crippen LogP contribution in [0.5, 0.6) is 5.75 Å². The largest absolute Gasteiger partial charge is 0.497 e. The van der Waals surface area contributed by atoms with Crippen LogP contribution in [0.3, 0.4) is 0 Å². The van der Waals surface area contributed by atoms with Gasteiger partial charge in [0.25, 0.3) is 11.6 Å². The van der Waals surface area contributed by atoms with Gasteiger partial charge in [0.1, 0.15) is 11.3 Å². The molecule has 0 unspecified atom stereocenters. The minimum absolute atomic E-state index is 0. The molecular formula is C15H22ClN3O4. The molecule has 0 saturated carbocycles. The number of piperidine rings is 1. The Labute approximate surface area is 141 Å². The molecule has 0 aliphatic carbocycles. The molecule has 1 amide bonds. The van der Waals surface area contributed by atoms with Crippen LogP contribution in [0, 0.1) is 16.0 Å². The number of amides is 1. The van der Waals surface area contributed by atoms with Gasteiger partial charge in [0, 0.05) is 19.2 Å². The lowest BCUT2D eigenvalue weighted by atomic mass is 9.96. The van der Waals surface area contributed by atoms with Crippen molar-refractivity contribution in [3.05, 3.63) is 33.9 Å². The SMILES string of the molecule is CNCC1CCN(C(=O)c2cc(OC)ccc2[N+](=O)[O-])CC1.Cl. The van der Waals surface area contributed by atoms with E-state index < -0.39 is 4.92 Å². The zero-order chi connectivity index (χ0) is 16.1. The van der Waals surface area contributed by atoms with E-state index in [2.05, 4.69) is 5.32 Å². The lowest BCUT2D eigenvalue weighted by molar-refractivity contribution is -0.385. The predicted octanol–water partition coefficient (Wildman–Crippen LogP) is 2.10. The van der Waals surface area contributed by atoms with Crippen molar-refractivity contribution in [3.8, 4) is 5.75 Å². The summed E-state index contributed by atoms with van der Waals surface area (Å²) in [5, 5.41) is 14.3. The molecule has 2 rings (SSSR count). The number of nitrogens with zero attached hydrogens (tertiary/aromatic N) is 2. The maximum absolute atomic E-state index is 12.6. The second-order valence-electron chi connectivity index (χ2n) is 5.43. The molecule has 0 radical (unpaired) electrons. The summed E-state index contributed by atoms with van der Waals surface area (Å²) < 4.78 is 5.07. The number of methoxy groups -OCH3 is 1. The van der Waals surface area contributed by atoms with Gasteiger partial charge in [0.05, 0.1) is 12.0 Å². The molecule has 1 fully saturated rings. The van der Waals surface area contributed by atoms with E-state index in [0.29, 0.717) is 24.8 Å². The molecule has 128 valence electrons. The highest BCUT2D eigenvalue weighted by molar-refractivity contribution is 5.98. The Balaban J connectivity index is 0.00000264. The van der Waals surface area contributed by atoms with E-state index in [0.717, 1.165) is 19.4 Å². The van der Waals surface area contributed by atoms with Crippen LogP contribution in [0.25, 0.3) is 0 Å². The molecule has 1 aliphatic rings. The summed E-state index contributed by atoms with van der Waals surface area (Å²) in [4.78, 5) is 24.9. The second kappa shape index (κ2) is 8.69. The van der Waals surface area contributed by atoms with E-state index in [4.69, 9.17) is 4.74 Å². The lowest BCUT2D eigenvalue weighted by Crippen LogP contribution is -2.40. The zero-order valence-electron chi connectivity index (χ0n) is 13.3. The van der Waals surface area contributed by atoms with Gasteiger partial charge in [-0.2, -0.15) is 0 Å². The highest BCUT2D eigenvalue weighted by Gasteiger charge is 2.28. The van der Waals surface area contributed by atoms with E-state index in [1.54, 1.807) is 4.90 Å². The number of hydrogen-bond acceptors (Lipinski definition) is 5. The van der Waals surface area contributed by atoms with Crippen molar-refractivity contribution in [3.63, 3.8) is 0 Å². The molecule has 1 aliphatic heterocycles. The molecule has 0 aromatic heterocycles. The number of nitro benzene ring substituents is 1. The number of benzene rings is 1. The Morgan fingerprint density at radius 3 is 2.61 bits per heavy atom. The van der Waals surface area contributed by atoms with Gasteiger partial charge >= 0.3 is 0 Å². The molecule has 0 spiro atoms. The zero-order valence-corrected chi connectivity index (χ0v) is 14.1. The van der Waals surface area contributed by atoms with Crippen LogP contribution >= 0.6 is 12.4 Å². The Morgan fingerprint density at radius 2 is 2.09 bits per heavy atom. The molecule has 1 aromatic carbocycles. The topological polar surface area (TPSA) is 84.7 Å². The maximum Gasteiger partial charge on any atom is 0.282 e. The Kier molecular flexibility index (Phi) is 7.25. The van der Waals surface area contributed by atoms with Crippen molar-refractivity contribution >= 4 is 24.0 Å². The summed E-state index contributed by atoms with van der Waals surface area (Å²) in [5.74, 6) is 0.696. The molecule has 0 bridgehead atoms. The normalized spacial score (nSPS) is 15.0. The Hall–Kier alpha value is -1.86. The number of rotatable bonds is 5.